The Hall–Kier alpha value is -2.60. The lowest BCUT2D eigenvalue weighted by Gasteiger charge is -2.08. The minimum Gasteiger partial charge on any atom is -0.337 e. The van der Waals surface area contributed by atoms with Crippen molar-refractivity contribution in [2.45, 2.75) is 4.90 Å². The van der Waals surface area contributed by atoms with E-state index in [1.54, 1.807) is 48.5 Å². The maximum atomic E-state index is 13.4. The minimum atomic E-state index is -3.85. The first-order valence-corrected chi connectivity index (χ1v) is 10.6. The van der Waals surface area contributed by atoms with Gasteiger partial charge in [0.1, 0.15) is 10.7 Å². The van der Waals surface area contributed by atoms with Crippen LogP contribution in [-0.4, -0.2) is 18.4 Å². The van der Waals surface area contributed by atoms with Gasteiger partial charge in [-0.2, -0.15) is 0 Å². The molecule has 0 radical (unpaired) electrons. The van der Waals surface area contributed by atoms with Crippen molar-refractivity contribution in [1.29, 1.82) is 0 Å². The summed E-state index contributed by atoms with van der Waals surface area (Å²) in [7, 11) is -3.85. The maximum Gasteiger partial charge on any atom is 0.210 e. The van der Waals surface area contributed by atoms with Crippen LogP contribution in [0.15, 0.2) is 77.7 Å². The fourth-order valence-electron chi connectivity index (χ4n) is 2.83. The third-order valence-corrected chi connectivity index (χ3v) is 6.56. The summed E-state index contributed by atoms with van der Waals surface area (Å²) in [5.74, 6) is 0.246. The smallest absolute Gasteiger partial charge is 0.210 e. The highest BCUT2D eigenvalue weighted by Crippen LogP contribution is 2.32. The quantitative estimate of drug-likeness (QED) is 0.443. The molecule has 4 rings (SSSR count). The molecule has 1 aromatic heterocycles. The Bertz CT molecular complexity index is 1260. The van der Waals surface area contributed by atoms with Gasteiger partial charge in [-0.05, 0) is 48.0 Å². The summed E-state index contributed by atoms with van der Waals surface area (Å²) in [4.78, 5) is 7.77. The van der Waals surface area contributed by atoms with Crippen LogP contribution in [0.25, 0.3) is 22.0 Å². The van der Waals surface area contributed by atoms with E-state index in [0.717, 1.165) is 5.52 Å². The molecule has 4 aromatic rings. The van der Waals surface area contributed by atoms with Gasteiger partial charge in [0.2, 0.25) is 9.84 Å². The predicted octanol–water partition coefficient (Wildman–Crippen LogP) is 5.84. The molecule has 1 heterocycles. The first-order valence-electron chi connectivity index (χ1n) is 8.37. The molecule has 0 fully saturated rings. The lowest BCUT2D eigenvalue weighted by atomic mass is 10.2. The van der Waals surface area contributed by atoms with E-state index >= 15 is 0 Å². The Kier molecular flexibility index (Phi) is 4.98. The van der Waals surface area contributed by atoms with Gasteiger partial charge in [-0.25, -0.2) is 13.4 Å². The Morgan fingerprint density at radius 2 is 1.64 bits per heavy atom. The molecule has 0 aliphatic carbocycles. The molecule has 0 bridgehead atoms. The van der Waals surface area contributed by atoms with Gasteiger partial charge in [-0.1, -0.05) is 59.6 Å². The fraction of sp³-hybridized carbons (Fsp3) is 0. The number of fused-ring (bicyclic) bond motifs is 1. The number of nitrogens with zero attached hydrogens (tertiary/aromatic N) is 1. The second-order valence-electron chi connectivity index (χ2n) is 6.09. The van der Waals surface area contributed by atoms with Crippen LogP contribution < -0.4 is 0 Å². The van der Waals surface area contributed by atoms with Crippen LogP contribution in [0, 0.1) is 0 Å². The number of aromatic nitrogens is 2. The molecule has 4 nitrogen and oxygen atoms in total. The zero-order chi connectivity index (χ0) is 19.7. The molecule has 1 N–H and O–H groups in total. The normalized spacial score (nSPS) is 12.4. The number of benzene rings is 3. The van der Waals surface area contributed by atoms with E-state index in [0.29, 0.717) is 21.1 Å². The highest BCUT2D eigenvalue weighted by atomic mass is 35.5. The summed E-state index contributed by atoms with van der Waals surface area (Å²) in [6, 6.07) is 20.5. The SMILES string of the molecule is O=S(=O)(/C(=C/c1ccc(Cl)cc1Cl)c1nc2ccccc2[nH]1)c1ccccc1. The van der Waals surface area contributed by atoms with E-state index in [2.05, 4.69) is 9.97 Å². The van der Waals surface area contributed by atoms with E-state index in [-0.39, 0.29) is 15.6 Å². The molecule has 0 spiro atoms. The van der Waals surface area contributed by atoms with Gasteiger partial charge in [-0.15, -0.1) is 0 Å². The van der Waals surface area contributed by atoms with Crippen molar-refractivity contribution in [2.24, 2.45) is 0 Å². The van der Waals surface area contributed by atoms with Crippen LogP contribution in [0.3, 0.4) is 0 Å². The Labute approximate surface area is 172 Å². The van der Waals surface area contributed by atoms with Crippen molar-refractivity contribution in [3.05, 3.63) is 94.2 Å². The molecule has 0 amide bonds. The highest BCUT2D eigenvalue weighted by Gasteiger charge is 2.25. The first-order chi connectivity index (χ1) is 13.4. The Balaban J connectivity index is 1.96. The standard InChI is InChI=1S/C21H14Cl2N2O2S/c22-15-11-10-14(17(23)13-15)12-20(28(26,27)16-6-2-1-3-7-16)21-24-18-8-4-5-9-19(18)25-21/h1-13H,(H,24,25)/b20-12+. The zero-order valence-corrected chi connectivity index (χ0v) is 16.8. The van der Waals surface area contributed by atoms with Crippen molar-refractivity contribution in [2.75, 3.05) is 0 Å². The van der Waals surface area contributed by atoms with E-state index in [9.17, 15) is 8.42 Å². The number of hydrogen-bond donors (Lipinski definition) is 1. The molecule has 7 heteroatoms. The van der Waals surface area contributed by atoms with E-state index in [1.807, 2.05) is 24.3 Å². The monoisotopic (exact) mass is 428 g/mol. The largest absolute Gasteiger partial charge is 0.337 e. The number of imidazole rings is 1. The molecule has 0 saturated carbocycles. The fourth-order valence-corrected chi connectivity index (χ4v) is 4.69. The van der Waals surface area contributed by atoms with Crippen LogP contribution in [-0.2, 0) is 9.84 Å². The number of H-pyrrole nitrogens is 1. The summed E-state index contributed by atoms with van der Waals surface area (Å²) < 4.78 is 26.8. The van der Waals surface area contributed by atoms with Gasteiger partial charge < -0.3 is 4.98 Å². The number of hydrogen-bond acceptors (Lipinski definition) is 3. The number of para-hydroxylation sites is 2. The lowest BCUT2D eigenvalue weighted by Crippen LogP contribution is -2.05. The second kappa shape index (κ2) is 7.43. The summed E-state index contributed by atoms with van der Waals surface area (Å²) in [6.07, 6.45) is 1.51. The molecule has 3 aromatic carbocycles. The van der Waals surface area contributed by atoms with E-state index < -0.39 is 9.84 Å². The number of rotatable bonds is 4. The summed E-state index contributed by atoms with van der Waals surface area (Å²) in [5, 5.41) is 0.822. The Morgan fingerprint density at radius 1 is 0.929 bits per heavy atom. The van der Waals surface area contributed by atoms with Crippen LogP contribution in [0.4, 0.5) is 0 Å². The topological polar surface area (TPSA) is 62.8 Å². The molecule has 0 aliphatic heterocycles. The number of aromatic amines is 1. The summed E-state index contributed by atoms with van der Waals surface area (Å²) >= 11 is 12.2. The number of sulfone groups is 1. The second-order valence-corrected chi connectivity index (χ2v) is 8.86. The van der Waals surface area contributed by atoms with Crippen molar-refractivity contribution < 1.29 is 8.42 Å². The van der Waals surface area contributed by atoms with E-state index in [4.69, 9.17) is 23.2 Å². The van der Waals surface area contributed by atoms with Crippen molar-refractivity contribution in [3.63, 3.8) is 0 Å². The zero-order valence-electron chi connectivity index (χ0n) is 14.4. The molecule has 0 atom stereocenters. The lowest BCUT2D eigenvalue weighted by molar-refractivity contribution is 0.606. The van der Waals surface area contributed by atoms with E-state index in [1.165, 1.54) is 6.08 Å². The third kappa shape index (κ3) is 3.56. The molecule has 0 unspecified atom stereocenters. The minimum absolute atomic E-state index is 0.0270. The average molecular weight is 429 g/mol. The van der Waals surface area contributed by atoms with Crippen LogP contribution >= 0.6 is 23.2 Å². The van der Waals surface area contributed by atoms with Gasteiger partial charge in [0.25, 0.3) is 0 Å². The van der Waals surface area contributed by atoms with Crippen molar-refractivity contribution >= 4 is 55.1 Å². The molecule has 28 heavy (non-hydrogen) atoms. The van der Waals surface area contributed by atoms with Crippen LogP contribution in [0.5, 0.6) is 0 Å². The Morgan fingerprint density at radius 3 is 2.36 bits per heavy atom. The van der Waals surface area contributed by atoms with Gasteiger partial charge in [0, 0.05) is 10.0 Å². The van der Waals surface area contributed by atoms with Crippen LogP contribution in [0.2, 0.25) is 10.0 Å². The van der Waals surface area contributed by atoms with Gasteiger partial charge >= 0.3 is 0 Å². The van der Waals surface area contributed by atoms with Crippen LogP contribution in [0.1, 0.15) is 11.4 Å². The maximum absolute atomic E-state index is 13.4. The average Bonchev–Trinajstić information content (AvgIpc) is 3.11. The molecular weight excluding hydrogens is 415 g/mol. The molecule has 0 saturated heterocycles. The summed E-state index contributed by atoms with van der Waals surface area (Å²) in [6.45, 7) is 0. The number of halogens is 2. The number of nitrogens with one attached hydrogen (secondary N) is 1. The molecule has 140 valence electrons. The molecular formula is C21H14Cl2N2O2S. The first kappa shape index (κ1) is 18.7. The predicted molar refractivity (Wildman–Crippen MR) is 114 cm³/mol. The summed E-state index contributed by atoms with van der Waals surface area (Å²) in [5.41, 5.74) is 1.95. The van der Waals surface area contributed by atoms with Crippen molar-refractivity contribution in [3.8, 4) is 0 Å². The van der Waals surface area contributed by atoms with Crippen molar-refractivity contribution in [1.82, 2.24) is 9.97 Å². The highest BCUT2D eigenvalue weighted by molar-refractivity contribution is 8.00. The van der Waals surface area contributed by atoms with Gasteiger partial charge in [0.05, 0.1) is 15.9 Å². The molecule has 0 aliphatic rings. The third-order valence-electron chi connectivity index (χ3n) is 4.21. The van der Waals surface area contributed by atoms with Gasteiger partial charge in [-0.3, -0.25) is 0 Å². The van der Waals surface area contributed by atoms with Gasteiger partial charge in [0.15, 0.2) is 0 Å².